The fourth-order valence-corrected chi connectivity index (χ4v) is 1.75. The van der Waals surface area contributed by atoms with Crippen LogP contribution in [0.2, 0.25) is 0 Å². The highest BCUT2D eigenvalue weighted by Crippen LogP contribution is 2.16. The number of hydrogen-bond acceptors (Lipinski definition) is 1. The minimum Gasteiger partial charge on any atom is -0.319 e. The van der Waals surface area contributed by atoms with E-state index in [-0.39, 0.29) is 11.6 Å². The first-order valence-corrected chi connectivity index (χ1v) is 6.05. The van der Waals surface area contributed by atoms with Crippen LogP contribution >= 0.6 is 11.6 Å². The second kappa shape index (κ2) is 5.80. The molecule has 19 heavy (non-hydrogen) atoms. The molecule has 0 heterocycles. The first-order valence-electron chi connectivity index (χ1n) is 5.51. The Labute approximate surface area is 114 Å². The lowest BCUT2D eigenvalue weighted by Crippen LogP contribution is -2.13. The topological polar surface area (TPSA) is 29.1 Å². The van der Waals surface area contributed by atoms with E-state index in [0.717, 1.165) is 11.6 Å². The zero-order valence-corrected chi connectivity index (χ0v) is 10.5. The molecular formula is C14H10ClF2NO. The van der Waals surface area contributed by atoms with Gasteiger partial charge in [0.15, 0.2) is 0 Å². The molecule has 0 aliphatic rings. The summed E-state index contributed by atoms with van der Waals surface area (Å²) in [4.78, 5) is 11.9. The molecule has 2 rings (SSSR count). The smallest absolute Gasteiger partial charge is 0.255 e. The fraction of sp³-hybridized carbons (Fsp3) is 0.0714. The molecule has 0 aliphatic carbocycles. The Kier molecular flexibility index (Phi) is 4.12. The Morgan fingerprint density at radius 2 is 1.95 bits per heavy atom. The maximum Gasteiger partial charge on any atom is 0.255 e. The molecule has 98 valence electrons. The van der Waals surface area contributed by atoms with Crippen molar-refractivity contribution < 1.29 is 13.6 Å². The Bertz CT molecular complexity index is 616. The van der Waals surface area contributed by atoms with Gasteiger partial charge < -0.3 is 5.32 Å². The molecule has 2 nitrogen and oxygen atoms in total. The highest BCUT2D eigenvalue weighted by molar-refractivity contribution is 6.17. The van der Waals surface area contributed by atoms with Crippen LogP contribution in [0, 0.1) is 11.6 Å². The van der Waals surface area contributed by atoms with E-state index in [1.165, 1.54) is 6.07 Å². The standard InChI is InChI=1S/C14H10ClF2NO/c15-8-9-2-1-3-10(6-9)14(19)18-13-5-4-11(16)7-12(13)17/h1-7H,8H2,(H,18,19). The second-order valence-corrected chi connectivity index (χ2v) is 4.18. The van der Waals surface area contributed by atoms with Crippen LogP contribution in [-0.4, -0.2) is 5.91 Å². The number of benzene rings is 2. The highest BCUT2D eigenvalue weighted by Gasteiger charge is 2.10. The summed E-state index contributed by atoms with van der Waals surface area (Å²) < 4.78 is 26.1. The summed E-state index contributed by atoms with van der Waals surface area (Å²) in [6.07, 6.45) is 0. The van der Waals surface area contributed by atoms with Crippen molar-refractivity contribution in [2.75, 3.05) is 5.32 Å². The minimum atomic E-state index is -0.818. The van der Waals surface area contributed by atoms with Gasteiger partial charge in [0.1, 0.15) is 11.6 Å². The van der Waals surface area contributed by atoms with Crippen LogP contribution in [0.15, 0.2) is 42.5 Å². The molecule has 0 saturated heterocycles. The molecule has 5 heteroatoms. The average Bonchev–Trinajstić information content (AvgIpc) is 2.42. The van der Waals surface area contributed by atoms with Gasteiger partial charge in [-0.15, -0.1) is 11.6 Å². The van der Waals surface area contributed by atoms with Gasteiger partial charge in [-0.1, -0.05) is 12.1 Å². The summed E-state index contributed by atoms with van der Waals surface area (Å²) in [6.45, 7) is 0. The molecule has 1 N–H and O–H groups in total. The van der Waals surface area contributed by atoms with E-state index < -0.39 is 17.5 Å². The number of carbonyl (C=O) groups is 1. The number of halogens is 3. The monoisotopic (exact) mass is 281 g/mol. The van der Waals surface area contributed by atoms with Gasteiger partial charge >= 0.3 is 0 Å². The largest absolute Gasteiger partial charge is 0.319 e. The molecule has 0 radical (unpaired) electrons. The van der Waals surface area contributed by atoms with Crippen LogP contribution in [0.3, 0.4) is 0 Å². The number of carbonyl (C=O) groups excluding carboxylic acids is 1. The summed E-state index contributed by atoms with van der Waals surface area (Å²) >= 11 is 5.67. The number of hydrogen-bond donors (Lipinski definition) is 1. The third-order valence-corrected chi connectivity index (χ3v) is 2.83. The van der Waals surface area contributed by atoms with Gasteiger partial charge in [0.05, 0.1) is 5.69 Å². The maximum absolute atomic E-state index is 13.4. The van der Waals surface area contributed by atoms with Crippen molar-refractivity contribution in [2.45, 2.75) is 5.88 Å². The highest BCUT2D eigenvalue weighted by atomic mass is 35.5. The third kappa shape index (κ3) is 3.29. The molecule has 0 fully saturated rings. The van der Waals surface area contributed by atoms with Crippen LogP contribution in [0.5, 0.6) is 0 Å². The summed E-state index contributed by atoms with van der Waals surface area (Å²) in [5.41, 5.74) is 1.08. The molecule has 0 unspecified atom stereocenters. The van der Waals surface area contributed by atoms with Gasteiger partial charge in [0.25, 0.3) is 5.91 Å². The Balaban J connectivity index is 2.20. The van der Waals surface area contributed by atoms with Crippen molar-refractivity contribution in [3.8, 4) is 0 Å². The van der Waals surface area contributed by atoms with Crippen molar-refractivity contribution in [1.29, 1.82) is 0 Å². The zero-order valence-electron chi connectivity index (χ0n) is 9.79. The van der Waals surface area contributed by atoms with Crippen molar-refractivity contribution in [1.82, 2.24) is 0 Å². The van der Waals surface area contributed by atoms with E-state index in [0.29, 0.717) is 11.6 Å². The molecule has 0 saturated carbocycles. The van der Waals surface area contributed by atoms with Gasteiger partial charge in [-0.2, -0.15) is 0 Å². The Morgan fingerprint density at radius 3 is 2.63 bits per heavy atom. The lowest BCUT2D eigenvalue weighted by Gasteiger charge is -2.07. The predicted octanol–water partition coefficient (Wildman–Crippen LogP) is 3.96. The number of anilines is 1. The predicted molar refractivity (Wildman–Crippen MR) is 70.3 cm³/mol. The lowest BCUT2D eigenvalue weighted by molar-refractivity contribution is 0.102. The van der Waals surface area contributed by atoms with Crippen molar-refractivity contribution in [3.05, 3.63) is 65.2 Å². The number of nitrogens with one attached hydrogen (secondary N) is 1. The fourth-order valence-electron chi connectivity index (χ4n) is 1.58. The first kappa shape index (κ1) is 13.5. The summed E-state index contributed by atoms with van der Waals surface area (Å²) in [5, 5.41) is 2.38. The van der Waals surface area contributed by atoms with E-state index in [9.17, 15) is 13.6 Å². The molecule has 0 bridgehead atoms. The molecule has 0 aromatic heterocycles. The molecular weight excluding hydrogens is 272 g/mol. The van der Waals surface area contributed by atoms with Crippen LogP contribution in [0.4, 0.5) is 14.5 Å². The maximum atomic E-state index is 13.4. The minimum absolute atomic E-state index is 0.0670. The van der Waals surface area contributed by atoms with Gasteiger partial charge in [-0.25, -0.2) is 8.78 Å². The van der Waals surface area contributed by atoms with Crippen molar-refractivity contribution >= 4 is 23.2 Å². The van der Waals surface area contributed by atoms with Gasteiger partial charge in [-0.05, 0) is 29.8 Å². The number of alkyl halides is 1. The third-order valence-electron chi connectivity index (χ3n) is 2.52. The zero-order chi connectivity index (χ0) is 13.8. The SMILES string of the molecule is O=C(Nc1ccc(F)cc1F)c1cccc(CCl)c1. The van der Waals surface area contributed by atoms with Crippen LogP contribution < -0.4 is 5.32 Å². The van der Waals surface area contributed by atoms with Gasteiger partial charge in [-0.3, -0.25) is 4.79 Å². The summed E-state index contributed by atoms with van der Waals surface area (Å²) in [5.74, 6) is -1.70. The lowest BCUT2D eigenvalue weighted by atomic mass is 10.1. The molecule has 0 spiro atoms. The average molecular weight is 282 g/mol. The van der Waals surface area contributed by atoms with E-state index in [4.69, 9.17) is 11.6 Å². The van der Waals surface area contributed by atoms with E-state index >= 15 is 0 Å². The molecule has 2 aromatic carbocycles. The van der Waals surface area contributed by atoms with E-state index in [2.05, 4.69) is 5.32 Å². The number of amides is 1. The summed E-state index contributed by atoms with van der Waals surface area (Å²) in [6, 6.07) is 9.64. The molecule has 1 amide bonds. The molecule has 0 aliphatic heterocycles. The summed E-state index contributed by atoms with van der Waals surface area (Å²) in [7, 11) is 0. The first-order chi connectivity index (χ1) is 9.10. The van der Waals surface area contributed by atoms with Crippen molar-refractivity contribution in [2.24, 2.45) is 0 Å². The molecule has 2 aromatic rings. The van der Waals surface area contributed by atoms with Gasteiger partial charge in [0.2, 0.25) is 0 Å². The van der Waals surface area contributed by atoms with E-state index in [1.54, 1.807) is 24.3 Å². The number of rotatable bonds is 3. The molecule has 0 atom stereocenters. The van der Waals surface area contributed by atoms with Gasteiger partial charge in [0, 0.05) is 17.5 Å². The normalized spacial score (nSPS) is 10.3. The quantitative estimate of drug-likeness (QED) is 0.848. The van der Waals surface area contributed by atoms with Crippen LogP contribution in [0.25, 0.3) is 0 Å². The Morgan fingerprint density at radius 1 is 1.16 bits per heavy atom. The van der Waals surface area contributed by atoms with Crippen molar-refractivity contribution in [3.63, 3.8) is 0 Å². The second-order valence-electron chi connectivity index (χ2n) is 3.91. The Hall–Kier alpha value is -1.94. The van der Waals surface area contributed by atoms with Crippen LogP contribution in [0.1, 0.15) is 15.9 Å². The van der Waals surface area contributed by atoms with Crippen LogP contribution in [-0.2, 0) is 5.88 Å². The van der Waals surface area contributed by atoms with E-state index in [1.807, 2.05) is 0 Å².